The van der Waals surface area contributed by atoms with Gasteiger partial charge in [-0.15, -0.1) is 11.8 Å². The molecule has 0 radical (unpaired) electrons. The Bertz CT molecular complexity index is 1090. The summed E-state index contributed by atoms with van der Waals surface area (Å²) >= 11 is 5.26. The molecule has 0 aliphatic carbocycles. The van der Waals surface area contributed by atoms with Crippen LogP contribution in [0.15, 0.2) is 71.2 Å². The molecule has 3 rings (SSSR count). The number of hydrogen-bond donors (Lipinski definition) is 1. The summed E-state index contributed by atoms with van der Waals surface area (Å²) < 4.78 is 0.359. The van der Waals surface area contributed by atoms with E-state index in [0.717, 1.165) is 38.6 Å². The monoisotopic (exact) mass is 525 g/mol. The molecule has 4 heteroatoms. The van der Waals surface area contributed by atoms with Crippen LogP contribution in [0.5, 0.6) is 5.75 Å². The molecule has 0 heterocycles. The fourth-order valence-electron chi connectivity index (χ4n) is 4.27. The van der Waals surface area contributed by atoms with Gasteiger partial charge in [0.1, 0.15) is 12.0 Å². The average molecular weight is 527 g/mol. The molecular formula is C29H33BrO2S. The van der Waals surface area contributed by atoms with E-state index in [1.165, 1.54) is 0 Å². The van der Waals surface area contributed by atoms with E-state index in [0.29, 0.717) is 11.5 Å². The second kappa shape index (κ2) is 9.68. The molecule has 1 atom stereocenters. The first-order chi connectivity index (χ1) is 15.4. The van der Waals surface area contributed by atoms with Crippen molar-refractivity contribution >= 4 is 34.0 Å². The molecule has 0 saturated carbocycles. The standard InChI is InChI=1S/C29H33BrO2S/c1-27(2,3)24-18-22(19-25(26(24)32)28(4,5)6)29(33-16-15-31,20-11-8-7-9-12-20)21-13-10-14-23(30)17-21/h7-15,17-19,32H,16H2,1-6H3/i15+1. The molecule has 0 aromatic heterocycles. The van der Waals surface area contributed by atoms with Crippen LogP contribution in [0, 0.1) is 0 Å². The zero-order valence-electron chi connectivity index (χ0n) is 20.3. The normalized spacial score (nSPS) is 14.0. The minimum absolute atomic E-state index is 0.255. The number of phenolic OH excluding ortho intramolecular Hbond substituents is 1. The van der Waals surface area contributed by atoms with Gasteiger partial charge in [0.2, 0.25) is 0 Å². The van der Waals surface area contributed by atoms with Gasteiger partial charge in [-0.25, -0.2) is 0 Å². The Balaban J connectivity index is 2.51. The van der Waals surface area contributed by atoms with Crippen molar-refractivity contribution in [2.45, 2.75) is 57.1 Å². The summed E-state index contributed by atoms with van der Waals surface area (Å²) in [6.45, 7) is 12.8. The predicted octanol–water partition coefficient (Wildman–Crippen LogP) is 7.97. The summed E-state index contributed by atoms with van der Waals surface area (Å²) in [6.07, 6.45) is 0.968. The summed E-state index contributed by atoms with van der Waals surface area (Å²) in [6, 6.07) is 22.9. The third-order valence-electron chi connectivity index (χ3n) is 5.91. The minimum Gasteiger partial charge on any atom is -0.507 e. The summed E-state index contributed by atoms with van der Waals surface area (Å²) in [5, 5.41) is 11.3. The zero-order chi connectivity index (χ0) is 24.4. The second-order valence-corrected chi connectivity index (χ2v) is 12.6. The number of halogens is 1. The lowest BCUT2D eigenvalue weighted by Gasteiger charge is -2.38. The summed E-state index contributed by atoms with van der Waals surface area (Å²) in [7, 11) is 0. The Morgan fingerprint density at radius 2 is 1.33 bits per heavy atom. The number of hydrogen-bond acceptors (Lipinski definition) is 3. The van der Waals surface area contributed by atoms with Crippen molar-refractivity contribution in [2.24, 2.45) is 0 Å². The van der Waals surface area contributed by atoms with Gasteiger partial charge < -0.3 is 9.90 Å². The average Bonchev–Trinajstić information content (AvgIpc) is 2.74. The zero-order valence-corrected chi connectivity index (χ0v) is 22.7. The third-order valence-corrected chi connectivity index (χ3v) is 7.85. The highest BCUT2D eigenvalue weighted by molar-refractivity contribution is 9.10. The molecule has 3 aromatic rings. The number of thioether (sulfide) groups is 1. The van der Waals surface area contributed by atoms with E-state index in [1.807, 2.05) is 30.3 Å². The van der Waals surface area contributed by atoms with Gasteiger partial charge in [0.15, 0.2) is 0 Å². The Kier molecular flexibility index (Phi) is 7.50. The van der Waals surface area contributed by atoms with E-state index in [9.17, 15) is 9.90 Å². The van der Waals surface area contributed by atoms with Crippen molar-refractivity contribution in [3.05, 3.63) is 99.0 Å². The number of phenols is 1. The van der Waals surface area contributed by atoms with Crippen molar-refractivity contribution in [1.29, 1.82) is 0 Å². The topological polar surface area (TPSA) is 37.3 Å². The number of carbonyl (C=O) groups is 1. The van der Waals surface area contributed by atoms with Crippen molar-refractivity contribution in [3.63, 3.8) is 0 Å². The van der Waals surface area contributed by atoms with Crippen LogP contribution >= 0.6 is 27.7 Å². The van der Waals surface area contributed by atoms with E-state index in [1.54, 1.807) is 11.8 Å². The van der Waals surface area contributed by atoms with Gasteiger partial charge >= 0.3 is 0 Å². The van der Waals surface area contributed by atoms with Gasteiger partial charge in [0.25, 0.3) is 0 Å². The maximum atomic E-state index is 11.6. The third kappa shape index (κ3) is 5.22. The fraction of sp³-hybridized carbons (Fsp3) is 0.345. The molecule has 0 amide bonds. The van der Waals surface area contributed by atoms with Crippen LogP contribution in [0.4, 0.5) is 0 Å². The summed E-state index contributed by atoms with van der Waals surface area (Å²) in [5.74, 6) is 0.702. The number of aldehydes is 1. The molecule has 1 N–H and O–H groups in total. The largest absolute Gasteiger partial charge is 0.507 e. The first kappa shape index (κ1) is 25.6. The Hall–Kier alpha value is -2.04. The summed E-state index contributed by atoms with van der Waals surface area (Å²) in [4.78, 5) is 11.6. The predicted molar refractivity (Wildman–Crippen MR) is 144 cm³/mol. The molecule has 0 spiro atoms. The second-order valence-electron chi connectivity index (χ2n) is 10.5. The lowest BCUT2D eigenvalue weighted by atomic mass is 9.74. The fourth-order valence-corrected chi connectivity index (χ4v) is 5.87. The lowest BCUT2D eigenvalue weighted by molar-refractivity contribution is -0.105. The minimum atomic E-state index is -0.625. The Morgan fingerprint density at radius 1 is 0.788 bits per heavy atom. The molecule has 0 bridgehead atoms. The Labute approximate surface area is 211 Å². The molecule has 33 heavy (non-hydrogen) atoms. The van der Waals surface area contributed by atoms with Crippen LogP contribution in [0.3, 0.4) is 0 Å². The van der Waals surface area contributed by atoms with E-state index in [4.69, 9.17) is 0 Å². The molecule has 0 saturated heterocycles. The van der Waals surface area contributed by atoms with Crippen LogP contribution < -0.4 is 0 Å². The van der Waals surface area contributed by atoms with Crippen LogP contribution in [0.1, 0.15) is 69.4 Å². The highest BCUT2D eigenvalue weighted by atomic mass is 79.9. The number of carbonyl (C=O) groups excluding carboxylic acids is 1. The van der Waals surface area contributed by atoms with Crippen LogP contribution in [0.25, 0.3) is 0 Å². The van der Waals surface area contributed by atoms with Gasteiger partial charge in [-0.2, -0.15) is 0 Å². The molecular weight excluding hydrogens is 493 g/mol. The highest BCUT2D eigenvalue weighted by Crippen LogP contribution is 2.52. The molecule has 174 valence electrons. The molecule has 0 aliphatic rings. The first-order valence-electron chi connectivity index (χ1n) is 11.2. The maximum absolute atomic E-state index is 11.6. The highest BCUT2D eigenvalue weighted by Gasteiger charge is 2.39. The van der Waals surface area contributed by atoms with Crippen molar-refractivity contribution < 1.29 is 9.90 Å². The Morgan fingerprint density at radius 3 is 1.82 bits per heavy atom. The quantitative estimate of drug-likeness (QED) is 0.201. The van der Waals surface area contributed by atoms with Crippen molar-refractivity contribution in [2.75, 3.05) is 5.75 Å². The van der Waals surface area contributed by atoms with Crippen LogP contribution in [-0.4, -0.2) is 17.1 Å². The first-order valence-corrected chi connectivity index (χ1v) is 13.0. The van der Waals surface area contributed by atoms with Gasteiger partial charge in [0.05, 0.1) is 10.5 Å². The smallest absolute Gasteiger partial charge is 0.129 e. The van der Waals surface area contributed by atoms with Crippen LogP contribution in [0.2, 0.25) is 0 Å². The SMILES string of the molecule is CC(C)(C)c1cc(C(SC[13CH]=O)(c2ccccc2)c2cccc(Br)c2)cc(C(C)(C)C)c1O. The molecule has 0 aliphatic heterocycles. The molecule has 3 aromatic carbocycles. The lowest BCUT2D eigenvalue weighted by Crippen LogP contribution is -2.28. The van der Waals surface area contributed by atoms with E-state index < -0.39 is 4.75 Å². The molecule has 0 fully saturated rings. The van der Waals surface area contributed by atoms with E-state index >= 15 is 0 Å². The van der Waals surface area contributed by atoms with Crippen LogP contribution in [-0.2, 0) is 20.4 Å². The molecule has 1 unspecified atom stereocenters. The number of rotatable bonds is 6. The molecule has 2 nitrogen and oxygen atoms in total. The van der Waals surface area contributed by atoms with E-state index in [2.05, 4.69) is 93.9 Å². The van der Waals surface area contributed by atoms with Crippen molar-refractivity contribution in [3.8, 4) is 5.75 Å². The van der Waals surface area contributed by atoms with Gasteiger partial charge in [-0.05, 0) is 62.9 Å². The summed E-state index contributed by atoms with van der Waals surface area (Å²) in [5.41, 5.74) is 4.55. The number of benzene rings is 3. The van der Waals surface area contributed by atoms with Gasteiger partial charge in [0, 0.05) is 4.47 Å². The van der Waals surface area contributed by atoms with Crippen molar-refractivity contribution in [1.82, 2.24) is 0 Å². The maximum Gasteiger partial charge on any atom is 0.129 e. The van der Waals surface area contributed by atoms with E-state index in [-0.39, 0.29) is 10.8 Å². The van der Waals surface area contributed by atoms with Gasteiger partial charge in [-0.1, -0.05) is 99.9 Å². The number of aromatic hydroxyl groups is 1. The van der Waals surface area contributed by atoms with Gasteiger partial charge in [-0.3, -0.25) is 0 Å².